The standard InChI is InChI=1S/C22H24N2O4S/c1-5-24-21(25)20(14-15-7-12-18(27-4)19(13-15)28-6-2)29-22(24)23-16-8-10-17(26-3)11-9-16/h7-14H,5-6H2,1-4H3/b20-14+,23-22?. The molecule has 0 aromatic heterocycles. The van der Waals surface area contributed by atoms with Crippen molar-refractivity contribution in [3.05, 3.63) is 52.9 Å². The van der Waals surface area contributed by atoms with Crippen molar-refractivity contribution in [3.8, 4) is 17.2 Å². The van der Waals surface area contributed by atoms with Crippen molar-refractivity contribution < 1.29 is 19.0 Å². The summed E-state index contributed by atoms with van der Waals surface area (Å²) in [4.78, 5) is 19.8. The Morgan fingerprint density at radius 1 is 1.03 bits per heavy atom. The Labute approximate surface area is 175 Å². The summed E-state index contributed by atoms with van der Waals surface area (Å²) in [7, 11) is 3.23. The Morgan fingerprint density at radius 2 is 1.79 bits per heavy atom. The number of likely N-dealkylation sites (N-methyl/N-ethyl adjacent to an activating group) is 1. The first-order valence-corrected chi connectivity index (χ1v) is 10.2. The molecular weight excluding hydrogens is 388 g/mol. The van der Waals surface area contributed by atoms with Gasteiger partial charge in [0, 0.05) is 6.54 Å². The average molecular weight is 413 g/mol. The highest BCUT2D eigenvalue weighted by atomic mass is 32.2. The van der Waals surface area contributed by atoms with E-state index in [2.05, 4.69) is 4.99 Å². The number of ether oxygens (including phenoxy) is 3. The fourth-order valence-corrected chi connectivity index (χ4v) is 3.90. The smallest absolute Gasteiger partial charge is 0.266 e. The van der Waals surface area contributed by atoms with Gasteiger partial charge in [0.1, 0.15) is 5.75 Å². The molecule has 0 atom stereocenters. The maximum Gasteiger partial charge on any atom is 0.266 e. The van der Waals surface area contributed by atoms with E-state index in [1.54, 1.807) is 19.1 Å². The number of thioether (sulfide) groups is 1. The van der Waals surface area contributed by atoms with Crippen molar-refractivity contribution in [3.63, 3.8) is 0 Å². The van der Waals surface area contributed by atoms with Crippen LogP contribution in [-0.2, 0) is 4.79 Å². The van der Waals surface area contributed by atoms with Crippen LogP contribution < -0.4 is 14.2 Å². The molecular formula is C22H24N2O4S. The van der Waals surface area contributed by atoms with Gasteiger partial charge in [-0.1, -0.05) is 6.07 Å². The highest BCUT2D eigenvalue weighted by Crippen LogP contribution is 2.36. The number of amidine groups is 1. The van der Waals surface area contributed by atoms with E-state index in [1.165, 1.54) is 11.8 Å². The van der Waals surface area contributed by atoms with Gasteiger partial charge in [-0.15, -0.1) is 0 Å². The SMILES string of the molecule is CCOc1cc(/C=C2/SC(=Nc3ccc(OC)cc3)N(CC)C2=O)ccc1OC. The lowest BCUT2D eigenvalue weighted by molar-refractivity contribution is -0.122. The molecule has 152 valence electrons. The number of hydrogen-bond donors (Lipinski definition) is 0. The first kappa shape index (κ1) is 20.8. The quantitative estimate of drug-likeness (QED) is 0.616. The van der Waals surface area contributed by atoms with Gasteiger partial charge in [0.15, 0.2) is 16.7 Å². The first-order valence-electron chi connectivity index (χ1n) is 9.34. The number of hydrogen-bond acceptors (Lipinski definition) is 6. The van der Waals surface area contributed by atoms with Crippen LogP contribution in [0.3, 0.4) is 0 Å². The van der Waals surface area contributed by atoms with Gasteiger partial charge in [0.2, 0.25) is 0 Å². The number of benzene rings is 2. The van der Waals surface area contributed by atoms with Gasteiger partial charge in [-0.3, -0.25) is 9.69 Å². The Bertz CT molecular complexity index is 938. The second kappa shape index (κ2) is 9.52. The molecule has 0 radical (unpaired) electrons. The van der Waals surface area contributed by atoms with E-state index in [-0.39, 0.29) is 5.91 Å². The molecule has 0 unspecified atom stereocenters. The minimum absolute atomic E-state index is 0.0569. The number of carbonyl (C=O) groups is 1. The fourth-order valence-electron chi connectivity index (χ4n) is 2.84. The van der Waals surface area contributed by atoms with Gasteiger partial charge in [-0.05, 0) is 73.6 Å². The number of nitrogens with zero attached hydrogens (tertiary/aromatic N) is 2. The van der Waals surface area contributed by atoms with E-state index in [4.69, 9.17) is 14.2 Å². The van der Waals surface area contributed by atoms with E-state index in [9.17, 15) is 4.79 Å². The predicted molar refractivity (Wildman–Crippen MR) is 117 cm³/mol. The summed E-state index contributed by atoms with van der Waals surface area (Å²) in [5, 5.41) is 0.660. The van der Waals surface area contributed by atoms with E-state index < -0.39 is 0 Å². The average Bonchev–Trinajstić information content (AvgIpc) is 3.03. The molecule has 29 heavy (non-hydrogen) atoms. The molecule has 0 N–H and O–H groups in total. The van der Waals surface area contributed by atoms with Crippen molar-refractivity contribution >= 4 is 34.6 Å². The van der Waals surface area contributed by atoms with Crippen LogP contribution in [0.4, 0.5) is 5.69 Å². The molecule has 2 aromatic carbocycles. The summed E-state index contributed by atoms with van der Waals surface area (Å²) < 4.78 is 16.1. The zero-order chi connectivity index (χ0) is 20.8. The molecule has 0 saturated carbocycles. The van der Waals surface area contributed by atoms with Crippen molar-refractivity contribution in [2.24, 2.45) is 4.99 Å². The van der Waals surface area contributed by atoms with Gasteiger partial charge in [-0.2, -0.15) is 0 Å². The third-order valence-electron chi connectivity index (χ3n) is 4.29. The van der Waals surface area contributed by atoms with Gasteiger partial charge in [-0.25, -0.2) is 4.99 Å². The van der Waals surface area contributed by atoms with Crippen molar-refractivity contribution in [1.82, 2.24) is 4.90 Å². The molecule has 0 aliphatic carbocycles. The largest absolute Gasteiger partial charge is 0.497 e. The number of carbonyl (C=O) groups excluding carboxylic acids is 1. The Hall–Kier alpha value is -2.93. The van der Waals surface area contributed by atoms with Gasteiger partial charge in [0.25, 0.3) is 5.91 Å². The Balaban J connectivity index is 1.89. The highest BCUT2D eigenvalue weighted by molar-refractivity contribution is 8.18. The molecule has 1 fully saturated rings. The third kappa shape index (κ3) is 4.74. The maximum absolute atomic E-state index is 12.9. The number of rotatable bonds is 7. The lowest BCUT2D eigenvalue weighted by Crippen LogP contribution is -2.28. The first-order chi connectivity index (χ1) is 14.1. The topological polar surface area (TPSA) is 60.4 Å². The van der Waals surface area contributed by atoms with Crippen LogP contribution in [0.25, 0.3) is 6.08 Å². The third-order valence-corrected chi connectivity index (χ3v) is 5.29. The molecule has 2 aromatic rings. The zero-order valence-electron chi connectivity index (χ0n) is 17.0. The van der Waals surface area contributed by atoms with Gasteiger partial charge < -0.3 is 14.2 Å². The van der Waals surface area contributed by atoms with Crippen LogP contribution in [-0.4, -0.2) is 43.3 Å². The minimum Gasteiger partial charge on any atom is -0.497 e. The lowest BCUT2D eigenvalue weighted by Gasteiger charge is -2.12. The highest BCUT2D eigenvalue weighted by Gasteiger charge is 2.32. The van der Waals surface area contributed by atoms with Crippen LogP contribution in [0.15, 0.2) is 52.4 Å². The molecule has 0 spiro atoms. The summed E-state index contributed by atoms with van der Waals surface area (Å²) in [5.41, 5.74) is 1.63. The summed E-state index contributed by atoms with van der Waals surface area (Å²) in [6.07, 6.45) is 1.86. The molecule has 1 amide bonds. The number of amides is 1. The van der Waals surface area contributed by atoms with E-state index in [1.807, 2.05) is 62.4 Å². The molecule has 1 aliphatic heterocycles. The monoisotopic (exact) mass is 412 g/mol. The summed E-state index contributed by atoms with van der Waals surface area (Å²) >= 11 is 1.36. The Kier molecular flexibility index (Phi) is 6.82. The van der Waals surface area contributed by atoms with E-state index >= 15 is 0 Å². The fraction of sp³-hybridized carbons (Fsp3) is 0.273. The maximum atomic E-state index is 12.9. The molecule has 3 rings (SSSR count). The van der Waals surface area contributed by atoms with Crippen molar-refractivity contribution in [1.29, 1.82) is 0 Å². The second-order valence-electron chi connectivity index (χ2n) is 6.10. The van der Waals surface area contributed by atoms with Crippen LogP contribution in [0.5, 0.6) is 17.2 Å². The molecule has 6 nitrogen and oxygen atoms in total. The zero-order valence-corrected chi connectivity index (χ0v) is 17.8. The molecule has 1 saturated heterocycles. The summed E-state index contributed by atoms with van der Waals surface area (Å²) in [6, 6.07) is 13.0. The number of aliphatic imine (C=N–C) groups is 1. The van der Waals surface area contributed by atoms with E-state index in [0.717, 1.165) is 17.0 Å². The minimum atomic E-state index is -0.0569. The summed E-state index contributed by atoms with van der Waals surface area (Å²) in [5.74, 6) is 2.02. The van der Waals surface area contributed by atoms with Crippen LogP contribution >= 0.6 is 11.8 Å². The summed E-state index contributed by atoms with van der Waals surface area (Å²) in [6.45, 7) is 4.94. The molecule has 1 aliphatic rings. The van der Waals surface area contributed by atoms with Crippen molar-refractivity contribution in [2.45, 2.75) is 13.8 Å². The normalized spacial score (nSPS) is 16.6. The van der Waals surface area contributed by atoms with Crippen LogP contribution in [0, 0.1) is 0 Å². The Morgan fingerprint density at radius 3 is 2.41 bits per heavy atom. The molecule has 0 bridgehead atoms. The van der Waals surface area contributed by atoms with Gasteiger partial charge >= 0.3 is 0 Å². The van der Waals surface area contributed by atoms with Gasteiger partial charge in [0.05, 0.1) is 31.4 Å². The van der Waals surface area contributed by atoms with Crippen LogP contribution in [0.1, 0.15) is 19.4 Å². The lowest BCUT2D eigenvalue weighted by atomic mass is 10.2. The van der Waals surface area contributed by atoms with Crippen molar-refractivity contribution in [2.75, 3.05) is 27.4 Å². The molecule has 1 heterocycles. The van der Waals surface area contributed by atoms with E-state index in [0.29, 0.717) is 34.7 Å². The van der Waals surface area contributed by atoms with Crippen LogP contribution in [0.2, 0.25) is 0 Å². The second-order valence-corrected chi connectivity index (χ2v) is 7.10. The molecule has 7 heteroatoms. The number of methoxy groups -OCH3 is 2. The predicted octanol–water partition coefficient (Wildman–Crippen LogP) is 4.73.